The normalized spacial score (nSPS) is 30.8. The Labute approximate surface area is 105 Å². The van der Waals surface area contributed by atoms with Crippen molar-refractivity contribution >= 4 is 5.91 Å². The Morgan fingerprint density at radius 3 is 2.71 bits per heavy atom. The van der Waals surface area contributed by atoms with E-state index >= 15 is 0 Å². The molecule has 2 fully saturated rings. The predicted molar refractivity (Wildman–Crippen MR) is 69.5 cm³/mol. The molecule has 1 aliphatic carbocycles. The molecule has 2 N–H and O–H groups in total. The molecule has 3 atom stereocenters. The molecule has 0 radical (unpaired) electrons. The highest BCUT2D eigenvalue weighted by Gasteiger charge is 2.37. The molecule has 3 unspecified atom stereocenters. The summed E-state index contributed by atoms with van der Waals surface area (Å²) in [6.07, 6.45) is 8.60. The Morgan fingerprint density at radius 2 is 2.00 bits per heavy atom. The molecule has 0 aromatic heterocycles. The molecule has 1 amide bonds. The first-order chi connectivity index (χ1) is 8.27. The van der Waals surface area contributed by atoms with Gasteiger partial charge in [-0.1, -0.05) is 19.8 Å². The summed E-state index contributed by atoms with van der Waals surface area (Å²) in [7, 11) is 0. The van der Waals surface area contributed by atoms with Crippen molar-refractivity contribution in [2.45, 2.75) is 57.9 Å². The number of piperidine rings is 1. The quantitative estimate of drug-likeness (QED) is 0.819. The number of fused-ring (bicyclic) bond motifs is 1. The lowest BCUT2D eigenvalue weighted by atomic mass is 9.78. The highest BCUT2D eigenvalue weighted by molar-refractivity contribution is 5.79. The van der Waals surface area contributed by atoms with Gasteiger partial charge in [0.25, 0.3) is 0 Å². The van der Waals surface area contributed by atoms with E-state index in [9.17, 15) is 4.79 Å². The molecular weight excluding hydrogens is 212 g/mol. The van der Waals surface area contributed by atoms with E-state index in [0.29, 0.717) is 18.5 Å². The number of nitrogens with zero attached hydrogens (tertiary/aromatic N) is 1. The summed E-state index contributed by atoms with van der Waals surface area (Å²) < 4.78 is 0. The van der Waals surface area contributed by atoms with Crippen molar-refractivity contribution in [3.8, 4) is 0 Å². The van der Waals surface area contributed by atoms with E-state index in [1.54, 1.807) is 0 Å². The fourth-order valence-corrected chi connectivity index (χ4v) is 3.58. The molecule has 1 saturated heterocycles. The second-order valence-electron chi connectivity index (χ2n) is 5.63. The first-order valence-electron chi connectivity index (χ1n) is 7.28. The fourth-order valence-electron chi connectivity index (χ4n) is 3.58. The van der Waals surface area contributed by atoms with Gasteiger partial charge in [-0.3, -0.25) is 4.79 Å². The minimum Gasteiger partial charge on any atom is -0.339 e. The van der Waals surface area contributed by atoms with E-state index in [-0.39, 0.29) is 5.92 Å². The monoisotopic (exact) mass is 238 g/mol. The van der Waals surface area contributed by atoms with E-state index in [1.165, 1.54) is 38.5 Å². The molecule has 2 aliphatic rings. The predicted octanol–water partition coefficient (Wildman–Crippen LogP) is 2.15. The van der Waals surface area contributed by atoms with Crippen molar-refractivity contribution in [1.82, 2.24) is 4.90 Å². The summed E-state index contributed by atoms with van der Waals surface area (Å²) in [5.41, 5.74) is 5.71. The number of likely N-dealkylation sites (tertiary alicyclic amines) is 1. The van der Waals surface area contributed by atoms with Crippen LogP contribution >= 0.6 is 0 Å². The Morgan fingerprint density at radius 1 is 1.29 bits per heavy atom. The Balaban J connectivity index is 2.05. The third-order valence-corrected chi connectivity index (χ3v) is 4.65. The van der Waals surface area contributed by atoms with E-state index in [0.717, 1.165) is 18.9 Å². The number of carbonyl (C=O) groups is 1. The van der Waals surface area contributed by atoms with Crippen molar-refractivity contribution in [2.75, 3.05) is 13.1 Å². The van der Waals surface area contributed by atoms with Crippen molar-refractivity contribution in [3.63, 3.8) is 0 Å². The minimum atomic E-state index is 0.0516. The van der Waals surface area contributed by atoms with Gasteiger partial charge in [0.2, 0.25) is 5.91 Å². The van der Waals surface area contributed by atoms with Crippen LogP contribution in [0.25, 0.3) is 0 Å². The summed E-state index contributed by atoms with van der Waals surface area (Å²) in [5, 5.41) is 0. The maximum Gasteiger partial charge on any atom is 0.227 e. The van der Waals surface area contributed by atoms with Crippen LogP contribution in [0.3, 0.4) is 0 Å². The summed E-state index contributed by atoms with van der Waals surface area (Å²) in [6.45, 7) is 3.54. The molecule has 0 aromatic rings. The zero-order valence-electron chi connectivity index (χ0n) is 11.0. The average Bonchev–Trinajstić information content (AvgIpc) is 2.39. The molecule has 98 valence electrons. The SMILES string of the molecule is CCC(CN)C(=O)N1CCCC2CCCCC21. The molecule has 1 saturated carbocycles. The summed E-state index contributed by atoms with van der Waals surface area (Å²) in [5.74, 6) is 1.15. The molecule has 1 aliphatic heterocycles. The van der Waals surface area contributed by atoms with Gasteiger partial charge in [0.05, 0.1) is 5.92 Å². The minimum absolute atomic E-state index is 0.0516. The van der Waals surface area contributed by atoms with Gasteiger partial charge in [-0.15, -0.1) is 0 Å². The lowest BCUT2D eigenvalue weighted by Crippen LogP contribution is -2.52. The fraction of sp³-hybridized carbons (Fsp3) is 0.929. The van der Waals surface area contributed by atoms with Crippen LogP contribution in [-0.2, 0) is 4.79 Å². The Kier molecular flexibility index (Phi) is 4.43. The second-order valence-corrected chi connectivity index (χ2v) is 5.63. The molecule has 0 spiro atoms. The number of hydrogen-bond donors (Lipinski definition) is 1. The molecule has 3 nitrogen and oxygen atoms in total. The standard InChI is InChI=1S/C14H26N2O/c1-2-11(10-15)14(17)16-9-5-7-12-6-3-4-8-13(12)16/h11-13H,2-10,15H2,1H3. The van der Waals surface area contributed by atoms with Gasteiger partial charge in [0.15, 0.2) is 0 Å². The first-order valence-corrected chi connectivity index (χ1v) is 7.28. The van der Waals surface area contributed by atoms with Gasteiger partial charge >= 0.3 is 0 Å². The van der Waals surface area contributed by atoms with E-state index in [2.05, 4.69) is 11.8 Å². The Hall–Kier alpha value is -0.570. The van der Waals surface area contributed by atoms with Gasteiger partial charge in [-0.2, -0.15) is 0 Å². The number of nitrogens with two attached hydrogens (primary N) is 1. The smallest absolute Gasteiger partial charge is 0.227 e. The molecule has 0 bridgehead atoms. The third kappa shape index (κ3) is 2.65. The molecule has 0 aromatic carbocycles. The molecule has 17 heavy (non-hydrogen) atoms. The van der Waals surface area contributed by atoms with E-state index in [1.807, 2.05) is 0 Å². The number of rotatable bonds is 3. The summed E-state index contributed by atoms with van der Waals surface area (Å²) in [4.78, 5) is 14.6. The average molecular weight is 238 g/mol. The first kappa shape index (κ1) is 12.9. The van der Waals surface area contributed by atoms with Gasteiger partial charge < -0.3 is 10.6 Å². The highest BCUT2D eigenvalue weighted by Crippen LogP contribution is 2.35. The van der Waals surface area contributed by atoms with Crippen LogP contribution in [0.2, 0.25) is 0 Å². The van der Waals surface area contributed by atoms with Gasteiger partial charge in [-0.25, -0.2) is 0 Å². The van der Waals surface area contributed by atoms with Crippen molar-refractivity contribution in [2.24, 2.45) is 17.6 Å². The molecular formula is C14H26N2O. The Bertz CT molecular complexity index is 261. The number of amides is 1. The van der Waals surface area contributed by atoms with Crippen LogP contribution in [0.5, 0.6) is 0 Å². The maximum absolute atomic E-state index is 12.5. The van der Waals surface area contributed by atoms with Crippen LogP contribution in [0, 0.1) is 11.8 Å². The topological polar surface area (TPSA) is 46.3 Å². The molecule has 3 heteroatoms. The summed E-state index contributed by atoms with van der Waals surface area (Å²) >= 11 is 0. The van der Waals surface area contributed by atoms with E-state index < -0.39 is 0 Å². The van der Waals surface area contributed by atoms with Crippen LogP contribution < -0.4 is 5.73 Å². The van der Waals surface area contributed by atoms with Gasteiger partial charge in [-0.05, 0) is 38.0 Å². The zero-order valence-corrected chi connectivity index (χ0v) is 11.0. The maximum atomic E-state index is 12.5. The van der Waals surface area contributed by atoms with Gasteiger partial charge in [0.1, 0.15) is 0 Å². The largest absolute Gasteiger partial charge is 0.339 e. The number of carbonyl (C=O) groups excluding carboxylic acids is 1. The van der Waals surface area contributed by atoms with Crippen molar-refractivity contribution < 1.29 is 4.79 Å². The van der Waals surface area contributed by atoms with Crippen molar-refractivity contribution in [3.05, 3.63) is 0 Å². The van der Waals surface area contributed by atoms with Crippen LogP contribution in [0.1, 0.15) is 51.9 Å². The van der Waals surface area contributed by atoms with Crippen molar-refractivity contribution in [1.29, 1.82) is 0 Å². The van der Waals surface area contributed by atoms with Gasteiger partial charge in [0, 0.05) is 19.1 Å². The van der Waals surface area contributed by atoms with Crippen LogP contribution in [0.15, 0.2) is 0 Å². The molecule has 1 heterocycles. The third-order valence-electron chi connectivity index (χ3n) is 4.65. The molecule has 2 rings (SSSR count). The van der Waals surface area contributed by atoms with Crippen LogP contribution in [-0.4, -0.2) is 29.9 Å². The number of hydrogen-bond acceptors (Lipinski definition) is 2. The lowest BCUT2D eigenvalue weighted by Gasteiger charge is -2.45. The summed E-state index contributed by atoms with van der Waals surface area (Å²) in [6, 6.07) is 0.533. The second kappa shape index (κ2) is 5.85. The highest BCUT2D eigenvalue weighted by atomic mass is 16.2. The van der Waals surface area contributed by atoms with Crippen LogP contribution in [0.4, 0.5) is 0 Å². The zero-order chi connectivity index (χ0) is 12.3. The van der Waals surface area contributed by atoms with E-state index in [4.69, 9.17) is 5.73 Å². The lowest BCUT2D eigenvalue weighted by molar-refractivity contribution is -0.141.